The number of methoxy groups -OCH3 is 1. The number of furan rings is 1. The highest BCUT2D eigenvalue weighted by Gasteiger charge is 2.04. The number of rotatable bonds is 7. The minimum absolute atomic E-state index is 0.125. The first-order valence-electron chi connectivity index (χ1n) is 7.72. The molecule has 0 saturated heterocycles. The van der Waals surface area contributed by atoms with E-state index in [9.17, 15) is 4.79 Å². The van der Waals surface area contributed by atoms with Crippen LogP contribution in [-0.4, -0.2) is 17.9 Å². The lowest BCUT2D eigenvalue weighted by Crippen LogP contribution is -1.94. The van der Waals surface area contributed by atoms with Gasteiger partial charge in [-0.25, -0.2) is 0 Å². The van der Waals surface area contributed by atoms with Gasteiger partial charge in [-0.3, -0.25) is 9.78 Å². The van der Waals surface area contributed by atoms with E-state index in [0.717, 1.165) is 11.5 Å². The Balaban J connectivity index is 1.56. The summed E-state index contributed by atoms with van der Waals surface area (Å²) >= 11 is 0. The van der Waals surface area contributed by atoms with Crippen LogP contribution in [0.25, 0.3) is 6.08 Å². The zero-order valence-electron chi connectivity index (χ0n) is 13.7. The van der Waals surface area contributed by atoms with Crippen LogP contribution < -0.4 is 9.47 Å². The monoisotopic (exact) mass is 335 g/mol. The number of pyridine rings is 1. The molecular weight excluding hydrogens is 318 g/mol. The molecule has 5 heteroatoms. The summed E-state index contributed by atoms with van der Waals surface area (Å²) in [6.07, 6.45) is 6.25. The van der Waals surface area contributed by atoms with Crippen molar-refractivity contribution >= 4 is 11.9 Å². The Labute approximate surface area is 145 Å². The van der Waals surface area contributed by atoms with Crippen LogP contribution in [0.1, 0.15) is 21.9 Å². The van der Waals surface area contributed by atoms with E-state index >= 15 is 0 Å². The van der Waals surface area contributed by atoms with Gasteiger partial charge >= 0.3 is 0 Å². The molecular formula is C20H17NO4. The van der Waals surface area contributed by atoms with Crippen LogP contribution in [0, 0.1) is 0 Å². The van der Waals surface area contributed by atoms with Gasteiger partial charge in [0.2, 0.25) is 0 Å². The first-order chi connectivity index (χ1) is 12.2. The molecule has 0 saturated carbocycles. The molecule has 2 heterocycles. The summed E-state index contributed by atoms with van der Waals surface area (Å²) in [6.45, 7) is 0.302. The molecule has 3 aromatic rings. The maximum Gasteiger partial charge on any atom is 0.187 e. The van der Waals surface area contributed by atoms with Crippen molar-refractivity contribution in [2.24, 2.45) is 0 Å². The van der Waals surface area contributed by atoms with Crippen LogP contribution in [0.4, 0.5) is 0 Å². The Hall–Kier alpha value is -3.34. The predicted octanol–water partition coefficient (Wildman–Crippen LogP) is 4.16. The van der Waals surface area contributed by atoms with Crippen LogP contribution in [0.2, 0.25) is 0 Å². The van der Waals surface area contributed by atoms with Crippen molar-refractivity contribution in [1.82, 2.24) is 4.98 Å². The lowest BCUT2D eigenvalue weighted by molar-refractivity contribution is 0.104. The van der Waals surface area contributed by atoms with E-state index in [1.165, 1.54) is 12.3 Å². The molecule has 3 rings (SSSR count). The summed E-state index contributed by atoms with van der Waals surface area (Å²) in [5, 5.41) is 0. The number of hydrogen-bond acceptors (Lipinski definition) is 5. The first-order valence-corrected chi connectivity index (χ1v) is 7.72. The summed E-state index contributed by atoms with van der Waals surface area (Å²) in [4.78, 5) is 15.9. The van der Waals surface area contributed by atoms with Crippen LogP contribution in [0.3, 0.4) is 0 Å². The van der Waals surface area contributed by atoms with E-state index in [4.69, 9.17) is 13.9 Å². The van der Waals surface area contributed by atoms with E-state index in [2.05, 4.69) is 4.98 Å². The number of carbonyl (C=O) groups excluding carboxylic acids is 1. The maximum absolute atomic E-state index is 12.0. The van der Waals surface area contributed by atoms with E-state index in [0.29, 0.717) is 23.7 Å². The second-order valence-electron chi connectivity index (χ2n) is 5.21. The fraction of sp³-hybridized carbons (Fsp3) is 0.100. The fourth-order valence-corrected chi connectivity index (χ4v) is 2.15. The average Bonchev–Trinajstić information content (AvgIpc) is 3.13. The summed E-state index contributed by atoms with van der Waals surface area (Å²) in [5.41, 5.74) is 0.536. The number of ketones is 1. The molecule has 126 valence electrons. The Morgan fingerprint density at radius 2 is 1.92 bits per heavy atom. The third kappa shape index (κ3) is 4.57. The molecule has 0 N–H and O–H groups in total. The SMILES string of the molecule is COc1ccc(OCc2ccc(/C=C/C(=O)c3cccnc3)o2)cc1. The zero-order chi connectivity index (χ0) is 17.5. The minimum Gasteiger partial charge on any atom is -0.497 e. The molecule has 25 heavy (non-hydrogen) atoms. The van der Waals surface area contributed by atoms with Crippen molar-refractivity contribution < 1.29 is 18.7 Å². The molecule has 0 aliphatic rings. The van der Waals surface area contributed by atoms with Gasteiger partial charge in [0.25, 0.3) is 0 Å². The average molecular weight is 335 g/mol. The highest BCUT2D eigenvalue weighted by molar-refractivity contribution is 6.06. The quantitative estimate of drug-likeness (QED) is 0.479. The highest BCUT2D eigenvalue weighted by Crippen LogP contribution is 2.19. The molecule has 2 aromatic heterocycles. The number of ether oxygens (including phenoxy) is 2. The standard InChI is InChI=1S/C20H17NO4/c1-23-16-4-6-17(7-5-16)24-14-19-9-8-18(25-19)10-11-20(22)15-3-2-12-21-13-15/h2-13H,14H2,1H3/b11-10+. The number of nitrogens with zero attached hydrogens (tertiary/aromatic N) is 1. The maximum atomic E-state index is 12.0. The van der Waals surface area contributed by atoms with Crippen molar-refractivity contribution in [3.63, 3.8) is 0 Å². The molecule has 0 aliphatic carbocycles. The molecule has 0 aliphatic heterocycles. The van der Waals surface area contributed by atoms with Crippen LogP contribution >= 0.6 is 0 Å². The van der Waals surface area contributed by atoms with Gasteiger partial charge in [-0.1, -0.05) is 0 Å². The number of allylic oxidation sites excluding steroid dienone is 1. The number of benzene rings is 1. The van der Waals surface area contributed by atoms with Crippen molar-refractivity contribution in [2.75, 3.05) is 7.11 Å². The summed E-state index contributed by atoms with van der Waals surface area (Å²) in [7, 11) is 1.62. The Morgan fingerprint density at radius 1 is 1.12 bits per heavy atom. The molecule has 0 unspecified atom stereocenters. The molecule has 0 radical (unpaired) electrons. The molecule has 0 bridgehead atoms. The first kappa shape index (κ1) is 16.5. The normalized spacial score (nSPS) is 10.8. The molecule has 0 fully saturated rings. The Bertz CT molecular complexity index is 851. The van der Waals surface area contributed by atoms with Crippen LogP contribution in [0.15, 0.2) is 71.4 Å². The Kier molecular flexibility index (Phi) is 5.26. The van der Waals surface area contributed by atoms with Gasteiger partial charge in [0.15, 0.2) is 5.78 Å². The lowest BCUT2D eigenvalue weighted by atomic mass is 10.2. The van der Waals surface area contributed by atoms with E-state index in [-0.39, 0.29) is 5.78 Å². The molecule has 0 amide bonds. The van der Waals surface area contributed by atoms with Gasteiger partial charge in [-0.2, -0.15) is 0 Å². The van der Waals surface area contributed by atoms with Crippen molar-refractivity contribution in [1.29, 1.82) is 0 Å². The Morgan fingerprint density at radius 3 is 2.64 bits per heavy atom. The summed E-state index contributed by atoms with van der Waals surface area (Å²) in [5.74, 6) is 2.63. The topological polar surface area (TPSA) is 61.6 Å². The molecule has 0 spiro atoms. The van der Waals surface area contributed by atoms with Gasteiger partial charge in [-0.15, -0.1) is 0 Å². The van der Waals surface area contributed by atoms with Gasteiger partial charge in [-0.05, 0) is 60.7 Å². The predicted molar refractivity (Wildman–Crippen MR) is 93.6 cm³/mol. The lowest BCUT2D eigenvalue weighted by Gasteiger charge is -2.05. The summed E-state index contributed by atoms with van der Waals surface area (Å²) in [6, 6.07) is 14.4. The van der Waals surface area contributed by atoms with Gasteiger partial charge in [0.05, 0.1) is 7.11 Å². The van der Waals surface area contributed by atoms with Crippen molar-refractivity contribution in [2.45, 2.75) is 6.61 Å². The van der Waals surface area contributed by atoms with E-state index < -0.39 is 0 Å². The molecule has 5 nitrogen and oxygen atoms in total. The van der Waals surface area contributed by atoms with Crippen molar-refractivity contribution in [3.8, 4) is 11.5 Å². The van der Waals surface area contributed by atoms with Gasteiger partial charge < -0.3 is 13.9 Å². The fourth-order valence-electron chi connectivity index (χ4n) is 2.15. The largest absolute Gasteiger partial charge is 0.497 e. The third-order valence-corrected chi connectivity index (χ3v) is 3.47. The zero-order valence-corrected chi connectivity index (χ0v) is 13.7. The second kappa shape index (κ2) is 7.97. The number of aromatic nitrogens is 1. The van der Waals surface area contributed by atoms with Crippen molar-refractivity contribution in [3.05, 3.63) is 84.1 Å². The minimum atomic E-state index is -0.125. The van der Waals surface area contributed by atoms with Crippen LogP contribution in [0.5, 0.6) is 11.5 Å². The van der Waals surface area contributed by atoms with E-state index in [1.54, 1.807) is 37.6 Å². The highest BCUT2D eigenvalue weighted by atomic mass is 16.5. The second-order valence-corrected chi connectivity index (χ2v) is 5.21. The smallest absolute Gasteiger partial charge is 0.187 e. The molecule has 1 aromatic carbocycles. The van der Waals surface area contributed by atoms with Crippen LogP contribution in [-0.2, 0) is 6.61 Å². The molecule has 0 atom stereocenters. The third-order valence-electron chi connectivity index (χ3n) is 3.47. The summed E-state index contributed by atoms with van der Waals surface area (Å²) < 4.78 is 16.4. The van der Waals surface area contributed by atoms with E-state index in [1.807, 2.05) is 30.3 Å². The number of carbonyl (C=O) groups is 1. The number of hydrogen-bond donors (Lipinski definition) is 0. The van der Waals surface area contributed by atoms with Gasteiger partial charge in [0, 0.05) is 18.0 Å². The van der Waals surface area contributed by atoms with Gasteiger partial charge in [0.1, 0.15) is 29.6 Å².